The molecule has 0 radical (unpaired) electrons. The molecule has 1 rings (SSSR count). The summed E-state index contributed by atoms with van der Waals surface area (Å²) in [5.41, 5.74) is 0. The van der Waals surface area contributed by atoms with E-state index in [1.54, 1.807) is 0 Å². The lowest BCUT2D eigenvalue weighted by Gasteiger charge is -2.34. The van der Waals surface area contributed by atoms with Crippen molar-refractivity contribution < 1.29 is 4.48 Å². The van der Waals surface area contributed by atoms with Crippen LogP contribution in [0.3, 0.4) is 0 Å². The second kappa shape index (κ2) is 30.1. The molecule has 0 N–H and O–H groups in total. The molecule has 0 saturated heterocycles. The summed E-state index contributed by atoms with van der Waals surface area (Å²) in [6.45, 7) is 11.9. The lowest BCUT2D eigenvalue weighted by molar-refractivity contribution is -0.836. The number of rotatable bonds is 32. The Morgan fingerprint density at radius 1 is 0.452 bits per heavy atom. The standard InChI is InChI=1S/C40H77N2/c1-4-6-8-10-12-14-16-18-20-22-24-26-28-30-32-34-37-42(39-36-41-40(42)3)38-35-33-31-29-27-25-23-21-19-17-15-13-11-9-7-5-2/h18-21H,4-17,22-39H2,1-3H3/q+1. The fourth-order valence-electron chi connectivity index (χ4n) is 6.70. The van der Waals surface area contributed by atoms with Gasteiger partial charge in [-0.15, -0.1) is 0 Å². The summed E-state index contributed by atoms with van der Waals surface area (Å²) in [7, 11) is 0. The Bertz CT molecular complexity index is 604. The van der Waals surface area contributed by atoms with Crippen LogP contribution in [0.4, 0.5) is 0 Å². The molecule has 0 saturated carbocycles. The van der Waals surface area contributed by atoms with Gasteiger partial charge in [0.05, 0.1) is 19.6 Å². The Labute approximate surface area is 265 Å². The highest BCUT2D eigenvalue weighted by Crippen LogP contribution is 2.21. The zero-order valence-electron chi connectivity index (χ0n) is 29.3. The van der Waals surface area contributed by atoms with Crippen molar-refractivity contribution in [1.29, 1.82) is 0 Å². The normalized spacial score (nSPS) is 17.3. The smallest absolute Gasteiger partial charge is 0.195 e. The van der Waals surface area contributed by atoms with Gasteiger partial charge in [-0.2, -0.15) is 0 Å². The Morgan fingerprint density at radius 3 is 1.07 bits per heavy atom. The van der Waals surface area contributed by atoms with Gasteiger partial charge in [0, 0.05) is 6.92 Å². The molecule has 1 heterocycles. The monoisotopic (exact) mass is 586 g/mol. The van der Waals surface area contributed by atoms with Gasteiger partial charge in [0.2, 0.25) is 0 Å². The van der Waals surface area contributed by atoms with E-state index in [0.29, 0.717) is 0 Å². The maximum absolute atomic E-state index is 4.85. The van der Waals surface area contributed by atoms with E-state index in [-0.39, 0.29) is 0 Å². The molecule has 1 aliphatic heterocycles. The third-order valence-corrected chi connectivity index (χ3v) is 9.75. The number of allylic oxidation sites excluding steroid dienone is 4. The minimum atomic E-state index is 1.06. The van der Waals surface area contributed by atoms with Crippen LogP contribution >= 0.6 is 0 Å². The molecule has 2 nitrogen and oxygen atoms in total. The first kappa shape index (κ1) is 39.1. The van der Waals surface area contributed by atoms with Crippen LogP contribution in [0.5, 0.6) is 0 Å². The highest BCUT2D eigenvalue weighted by molar-refractivity contribution is 5.73. The van der Waals surface area contributed by atoms with Gasteiger partial charge >= 0.3 is 0 Å². The Hall–Kier alpha value is -0.890. The van der Waals surface area contributed by atoms with Crippen molar-refractivity contribution in [2.75, 3.05) is 26.2 Å². The molecule has 246 valence electrons. The number of aliphatic imine (C=N–C) groups is 1. The van der Waals surface area contributed by atoms with Gasteiger partial charge in [-0.25, -0.2) is 4.99 Å². The fraction of sp³-hybridized carbons (Fsp3) is 0.875. The van der Waals surface area contributed by atoms with Crippen LogP contribution in [0.2, 0.25) is 0 Å². The minimum Gasteiger partial charge on any atom is -0.277 e. The maximum Gasteiger partial charge on any atom is 0.195 e. The number of unbranched alkanes of at least 4 members (excludes halogenated alkanes) is 24. The lowest BCUT2D eigenvalue weighted by Crippen LogP contribution is -2.51. The zero-order valence-corrected chi connectivity index (χ0v) is 29.3. The molecule has 0 unspecified atom stereocenters. The van der Waals surface area contributed by atoms with Gasteiger partial charge in [0.1, 0.15) is 6.54 Å². The quantitative estimate of drug-likeness (QED) is 0.0423. The predicted molar refractivity (Wildman–Crippen MR) is 192 cm³/mol. The van der Waals surface area contributed by atoms with Crippen LogP contribution in [0.1, 0.15) is 201 Å². The van der Waals surface area contributed by atoms with E-state index in [4.69, 9.17) is 4.99 Å². The molecule has 2 heteroatoms. The van der Waals surface area contributed by atoms with Gasteiger partial charge in [0.15, 0.2) is 5.84 Å². The maximum atomic E-state index is 4.85. The fourth-order valence-corrected chi connectivity index (χ4v) is 6.70. The van der Waals surface area contributed by atoms with Crippen molar-refractivity contribution >= 4 is 5.84 Å². The first-order valence-corrected chi connectivity index (χ1v) is 19.4. The van der Waals surface area contributed by atoms with Crippen molar-refractivity contribution in [2.45, 2.75) is 201 Å². The first-order valence-electron chi connectivity index (χ1n) is 19.4. The van der Waals surface area contributed by atoms with Gasteiger partial charge < -0.3 is 0 Å². The van der Waals surface area contributed by atoms with Gasteiger partial charge in [0.25, 0.3) is 0 Å². The van der Waals surface area contributed by atoms with Crippen molar-refractivity contribution in [2.24, 2.45) is 4.99 Å². The van der Waals surface area contributed by atoms with Crippen molar-refractivity contribution in [3.05, 3.63) is 24.3 Å². The van der Waals surface area contributed by atoms with Gasteiger partial charge in [-0.3, -0.25) is 4.48 Å². The Balaban J connectivity index is 1.97. The van der Waals surface area contributed by atoms with Gasteiger partial charge in [-0.1, -0.05) is 141 Å². The average molecular weight is 586 g/mol. The number of quaternary nitrogens is 1. The molecule has 0 aromatic carbocycles. The summed E-state index contributed by atoms with van der Waals surface area (Å²) in [5, 5.41) is 0. The molecule has 0 atom stereocenters. The summed E-state index contributed by atoms with van der Waals surface area (Å²) >= 11 is 0. The van der Waals surface area contributed by atoms with Crippen molar-refractivity contribution in [1.82, 2.24) is 0 Å². The average Bonchev–Trinajstić information content (AvgIpc) is 3.36. The van der Waals surface area contributed by atoms with Crippen LogP contribution in [0, 0.1) is 0 Å². The Kier molecular flexibility index (Phi) is 28.1. The van der Waals surface area contributed by atoms with E-state index in [2.05, 4.69) is 45.1 Å². The molecule has 0 bridgehead atoms. The molecule has 0 amide bonds. The number of nitrogens with zero attached hydrogens (tertiary/aromatic N) is 2. The third kappa shape index (κ3) is 22.6. The zero-order chi connectivity index (χ0) is 30.2. The molecule has 0 aromatic heterocycles. The summed E-state index contributed by atoms with van der Waals surface area (Å²) in [6, 6.07) is 0. The predicted octanol–water partition coefficient (Wildman–Crippen LogP) is 13.3. The molecule has 0 aliphatic carbocycles. The topological polar surface area (TPSA) is 12.4 Å². The van der Waals surface area contributed by atoms with Crippen LogP contribution in [0.25, 0.3) is 0 Å². The second-order valence-electron chi connectivity index (χ2n) is 13.6. The van der Waals surface area contributed by atoms with Crippen LogP contribution in [-0.2, 0) is 0 Å². The van der Waals surface area contributed by atoms with E-state index in [1.165, 1.54) is 210 Å². The molecule has 0 spiro atoms. The number of hydrogen-bond acceptors (Lipinski definition) is 1. The molecular weight excluding hydrogens is 508 g/mol. The van der Waals surface area contributed by atoms with E-state index >= 15 is 0 Å². The summed E-state index contributed by atoms with van der Waals surface area (Å²) in [5.74, 6) is 1.43. The summed E-state index contributed by atoms with van der Waals surface area (Å²) in [6.07, 6.45) is 48.8. The van der Waals surface area contributed by atoms with Crippen LogP contribution in [-0.4, -0.2) is 36.5 Å². The van der Waals surface area contributed by atoms with E-state index in [1.807, 2.05) is 0 Å². The van der Waals surface area contributed by atoms with Crippen molar-refractivity contribution in [3.63, 3.8) is 0 Å². The van der Waals surface area contributed by atoms with Crippen molar-refractivity contribution in [3.8, 4) is 0 Å². The van der Waals surface area contributed by atoms with E-state index in [0.717, 1.165) is 6.54 Å². The Morgan fingerprint density at radius 2 is 0.762 bits per heavy atom. The largest absolute Gasteiger partial charge is 0.277 e. The van der Waals surface area contributed by atoms with E-state index in [9.17, 15) is 0 Å². The SMILES string of the molecule is CCCCCCCCC=CCCCCCCCC[N+]1(CCCCCCCCC=CCCCCCCCC)CCN=C1C. The second-order valence-corrected chi connectivity index (χ2v) is 13.6. The first-order chi connectivity index (χ1) is 20.7. The summed E-state index contributed by atoms with van der Waals surface area (Å²) < 4.78 is 1.22. The van der Waals surface area contributed by atoms with Gasteiger partial charge in [-0.05, 0) is 77.0 Å². The lowest BCUT2D eigenvalue weighted by atomic mass is 10.1. The van der Waals surface area contributed by atoms with Crippen LogP contribution in [0.15, 0.2) is 29.3 Å². The van der Waals surface area contributed by atoms with Crippen LogP contribution < -0.4 is 0 Å². The molecule has 1 aliphatic rings. The molecular formula is C40H77N2+. The van der Waals surface area contributed by atoms with E-state index < -0.39 is 0 Å². The minimum absolute atomic E-state index is 1.06. The third-order valence-electron chi connectivity index (χ3n) is 9.75. The molecule has 0 aromatic rings. The highest BCUT2D eigenvalue weighted by Gasteiger charge is 2.34. The number of amidine groups is 1. The number of hydrogen-bond donors (Lipinski definition) is 0. The molecule has 0 fully saturated rings. The summed E-state index contributed by atoms with van der Waals surface area (Å²) in [4.78, 5) is 4.85. The molecule has 42 heavy (non-hydrogen) atoms. The highest BCUT2D eigenvalue weighted by atomic mass is 15.4.